The first-order valence-electron chi connectivity index (χ1n) is 9.15. The Morgan fingerprint density at radius 1 is 1.22 bits per heavy atom. The van der Waals surface area contributed by atoms with Crippen molar-refractivity contribution in [3.63, 3.8) is 0 Å². The molecule has 0 spiro atoms. The van der Waals surface area contributed by atoms with Gasteiger partial charge >= 0.3 is 6.09 Å². The smallest absolute Gasteiger partial charge is 0.420 e. The molecule has 1 aliphatic rings. The fourth-order valence-electron chi connectivity index (χ4n) is 3.30. The van der Waals surface area contributed by atoms with Crippen LogP contribution in [0.2, 0.25) is 0 Å². The number of anilines is 2. The summed E-state index contributed by atoms with van der Waals surface area (Å²) in [6, 6.07) is 13.0. The molecule has 0 unspecified atom stereocenters. The molecule has 2 aromatic rings. The van der Waals surface area contributed by atoms with Gasteiger partial charge in [-0.25, -0.2) is 14.7 Å². The number of carbonyl (C=O) groups is 2. The highest BCUT2D eigenvalue weighted by Crippen LogP contribution is 2.38. The van der Waals surface area contributed by atoms with Gasteiger partial charge in [0.2, 0.25) is 6.41 Å². The number of pyridine rings is 1. The average Bonchev–Trinajstić information content (AvgIpc) is 3.10. The summed E-state index contributed by atoms with van der Waals surface area (Å²) in [6.45, 7) is 6.20. The van der Waals surface area contributed by atoms with Crippen LogP contribution in [0.25, 0.3) is 0 Å². The summed E-state index contributed by atoms with van der Waals surface area (Å²) in [5.41, 5.74) is 0.875. The van der Waals surface area contributed by atoms with Crippen molar-refractivity contribution in [1.29, 1.82) is 0 Å². The quantitative estimate of drug-likeness (QED) is 0.749. The van der Waals surface area contributed by atoms with Crippen molar-refractivity contribution in [2.75, 3.05) is 11.4 Å². The number of nitrogens with zero attached hydrogens (tertiary/aromatic N) is 3. The van der Waals surface area contributed by atoms with Crippen molar-refractivity contribution >= 4 is 24.0 Å². The minimum Gasteiger partial charge on any atom is -0.443 e. The van der Waals surface area contributed by atoms with E-state index in [1.54, 1.807) is 11.1 Å². The van der Waals surface area contributed by atoms with E-state index in [4.69, 9.17) is 4.74 Å². The molecule has 1 aliphatic heterocycles. The maximum atomic E-state index is 13.1. The minimum atomic E-state index is -0.638. The highest BCUT2D eigenvalue weighted by Gasteiger charge is 2.32. The molecule has 2 heterocycles. The fourth-order valence-corrected chi connectivity index (χ4v) is 3.30. The second kappa shape index (κ2) is 7.78. The number of hydrogen-bond donors (Lipinski definition) is 0. The summed E-state index contributed by atoms with van der Waals surface area (Å²) in [7, 11) is 0. The van der Waals surface area contributed by atoms with Gasteiger partial charge in [-0.05, 0) is 51.8 Å². The number of hydrogen-bond acceptors (Lipinski definition) is 4. The number of aromatic nitrogens is 1. The fraction of sp³-hybridized carbons (Fsp3) is 0.381. The number of rotatable bonds is 4. The molecular formula is C21H25N3O3. The molecule has 1 saturated heterocycles. The zero-order valence-corrected chi connectivity index (χ0v) is 16.0. The summed E-state index contributed by atoms with van der Waals surface area (Å²) in [5.74, 6) is 0.497. The van der Waals surface area contributed by atoms with Gasteiger partial charge < -0.3 is 9.64 Å². The Labute approximate surface area is 159 Å². The zero-order chi connectivity index (χ0) is 19.4. The van der Waals surface area contributed by atoms with Crippen LogP contribution in [0.5, 0.6) is 0 Å². The standard InChI is InChI=1S/C21H25N3O3/c1-21(2,3)27-20(26)24(16-9-5-4-6-10-16)19-17(11-7-13-22-19)18-12-8-14-23(18)15-25/h4-7,9-11,13,15,18H,8,12,14H2,1-3H3/t18-/m0/s1. The summed E-state index contributed by atoms with van der Waals surface area (Å²) in [6.07, 6.45) is 3.79. The van der Waals surface area contributed by atoms with Gasteiger partial charge in [0.25, 0.3) is 0 Å². The molecule has 1 fully saturated rings. The molecule has 142 valence electrons. The Hall–Kier alpha value is -2.89. The summed E-state index contributed by atoms with van der Waals surface area (Å²) in [4.78, 5) is 32.3. The monoisotopic (exact) mass is 367 g/mol. The van der Waals surface area contributed by atoms with Gasteiger partial charge in [0, 0.05) is 18.3 Å². The molecule has 0 aliphatic carbocycles. The lowest BCUT2D eigenvalue weighted by molar-refractivity contribution is -0.118. The van der Waals surface area contributed by atoms with Crippen molar-refractivity contribution in [3.8, 4) is 0 Å². The SMILES string of the molecule is CC(C)(C)OC(=O)N(c1ccccc1)c1ncccc1[C@@H]1CCCN1C=O. The second-order valence-corrected chi connectivity index (χ2v) is 7.57. The maximum absolute atomic E-state index is 13.1. The van der Waals surface area contributed by atoms with E-state index in [0.717, 1.165) is 24.8 Å². The largest absolute Gasteiger partial charge is 0.443 e. The van der Waals surface area contributed by atoms with Crippen LogP contribution in [-0.4, -0.2) is 34.5 Å². The van der Waals surface area contributed by atoms with Crippen LogP contribution in [0.1, 0.15) is 45.2 Å². The second-order valence-electron chi connectivity index (χ2n) is 7.57. The van der Waals surface area contributed by atoms with Crippen LogP contribution in [0.15, 0.2) is 48.7 Å². The van der Waals surface area contributed by atoms with Crippen LogP contribution >= 0.6 is 0 Å². The topological polar surface area (TPSA) is 62.7 Å². The molecule has 6 heteroatoms. The Bertz CT molecular complexity index is 802. The van der Waals surface area contributed by atoms with Gasteiger partial charge in [-0.1, -0.05) is 24.3 Å². The van der Waals surface area contributed by atoms with E-state index < -0.39 is 11.7 Å². The molecule has 2 amide bonds. The van der Waals surface area contributed by atoms with E-state index in [-0.39, 0.29) is 6.04 Å². The van der Waals surface area contributed by atoms with Crippen molar-refractivity contribution in [3.05, 3.63) is 54.2 Å². The van der Waals surface area contributed by atoms with Crippen molar-refractivity contribution in [1.82, 2.24) is 9.88 Å². The third-order valence-electron chi connectivity index (χ3n) is 4.41. The molecule has 0 bridgehead atoms. The van der Waals surface area contributed by atoms with E-state index in [2.05, 4.69) is 4.98 Å². The van der Waals surface area contributed by atoms with E-state index in [1.807, 2.05) is 63.2 Å². The van der Waals surface area contributed by atoms with E-state index in [0.29, 0.717) is 18.1 Å². The van der Waals surface area contributed by atoms with E-state index in [9.17, 15) is 9.59 Å². The van der Waals surface area contributed by atoms with Gasteiger partial charge in [0.15, 0.2) is 0 Å². The number of amides is 2. The van der Waals surface area contributed by atoms with Gasteiger partial charge in [-0.3, -0.25) is 4.79 Å². The highest BCUT2D eigenvalue weighted by molar-refractivity contribution is 5.96. The molecule has 1 atom stereocenters. The molecule has 27 heavy (non-hydrogen) atoms. The van der Waals surface area contributed by atoms with Crippen LogP contribution < -0.4 is 4.90 Å². The Kier molecular flexibility index (Phi) is 5.44. The third kappa shape index (κ3) is 4.27. The highest BCUT2D eigenvalue weighted by atomic mass is 16.6. The van der Waals surface area contributed by atoms with E-state index in [1.165, 1.54) is 4.90 Å². The predicted molar refractivity (Wildman–Crippen MR) is 104 cm³/mol. The molecule has 0 saturated carbocycles. The summed E-state index contributed by atoms with van der Waals surface area (Å²) < 4.78 is 5.64. The molecular weight excluding hydrogens is 342 g/mol. The molecule has 1 aromatic carbocycles. The lowest BCUT2D eigenvalue weighted by Gasteiger charge is -2.30. The average molecular weight is 367 g/mol. The normalized spacial score (nSPS) is 16.9. The molecule has 1 aromatic heterocycles. The number of ether oxygens (including phenoxy) is 1. The number of para-hydroxylation sites is 1. The van der Waals surface area contributed by atoms with Gasteiger partial charge in [-0.15, -0.1) is 0 Å². The number of carbonyl (C=O) groups excluding carboxylic acids is 2. The van der Waals surface area contributed by atoms with Crippen molar-refractivity contribution in [2.45, 2.75) is 45.3 Å². The van der Waals surface area contributed by atoms with Gasteiger partial charge in [0.05, 0.1) is 11.7 Å². The predicted octanol–water partition coefficient (Wildman–Crippen LogP) is 4.45. The van der Waals surface area contributed by atoms with Crippen LogP contribution in [0.3, 0.4) is 0 Å². The minimum absolute atomic E-state index is 0.0974. The molecule has 6 nitrogen and oxygen atoms in total. The Morgan fingerprint density at radius 2 is 1.96 bits per heavy atom. The lowest BCUT2D eigenvalue weighted by atomic mass is 10.0. The maximum Gasteiger partial charge on any atom is 0.420 e. The van der Waals surface area contributed by atoms with Crippen molar-refractivity contribution in [2.24, 2.45) is 0 Å². The first kappa shape index (κ1) is 18.9. The Balaban J connectivity index is 2.08. The summed E-state index contributed by atoms with van der Waals surface area (Å²) >= 11 is 0. The van der Waals surface area contributed by atoms with Crippen LogP contribution in [-0.2, 0) is 9.53 Å². The van der Waals surface area contributed by atoms with Gasteiger partial charge in [-0.2, -0.15) is 0 Å². The molecule has 3 rings (SSSR count). The molecule has 0 radical (unpaired) electrons. The first-order valence-corrected chi connectivity index (χ1v) is 9.15. The molecule has 0 N–H and O–H groups in total. The van der Waals surface area contributed by atoms with Gasteiger partial charge in [0.1, 0.15) is 11.4 Å². The lowest BCUT2D eigenvalue weighted by Crippen LogP contribution is -2.35. The first-order chi connectivity index (χ1) is 12.9. The zero-order valence-electron chi connectivity index (χ0n) is 16.0. The van der Waals surface area contributed by atoms with Crippen LogP contribution in [0.4, 0.5) is 16.3 Å². The third-order valence-corrected chi connectivity index (χ3v) is 4.41. The Morgan fingerprint density at radius 3 is 2.63 bits per heavy atom. The number of benzene rings is 1. The van der Waals surface area contributed by atoms with Crippen molar-refractivity contribution < 1.29 is 14.3 Å². The van der Waals surface area contributed by atoms with Crippen LogP contribution in [0, 0.1) is 0 Å². The summed E-state index contributed by atoms with van der Waals surface area (Å²) in [5, 5.41) is 0. The van der Waals surface area contributed by atoms with E-state index >= 15 is 0 Å². The number of likely N-dealkylation sites (tertiary alicyclic amines) is 1.